The minimum absolute atomic E-state index is 0.160. The molecule has 0 amide bonds. The zero-order valence-electron chi connectivity index (χ0n) is 10.2. The molecular weight excluding hydrogens is 215 g/mol. The highest BCUT2D eigenvalue weighted by molar-refractivity contribution is 5.57. The Bertz CT molecular complexity index is 411. The lowest BCUT2D eigenvalue weighted by Gasteiger charge is -2.27. The van der Waals surface area contributed by atoms with Gasteiger partial charge in [-0.05, 0) is 43.5 Å². The molecule has 1 saturated carbocycles. The summed E-state index contributed by atoms with van der Waals surface area (Å²) in [6.07, 6.45) is 4.28. The summed E-state index contributed by atoms with van der Waals surface area (Å²) < 4.78 is 13.3. The van der Waals surface area contributed by atoms with Crippen molar-refractivity contribution in [2.45, 2.75) is 31.8 Å². The molecule has 2 rings (SSSR count). The van der Waals surface area contributed by atoms with E-state index >= 15 is 0 Å². The van der Waals surface area contributed by atoms with E-state index in [4.69, 9.17) is 5.73 Å². The molecule has 3 heteroatoms. The summed E-state index contributed by atoms with van der Waals surface area (Å²) in [7, 11) is 0. The van der Waals surface area contributed by atoms with Crippen LogP contribution in [0.3, 0.4) is 0 Å². The lowest BCUT2D eigenvalue weighted by Crippen LogP contribution is -2.27. The molecule has 1 fully saturated rings. The van der Waals surface area contributed by atoms with Gasteiger partial charge in [-0.25, -0.2) is 4.39 Å². The lowest BCUT2D eigenvalue weighted by molar-refractivity contribution is 0.621. The predicted octanol–water partition coefficient (Wildman–Crippen LogP) is 3.00. The van der Waals surface area contributed by atoms with Crippen molar-refractivity contribution in [1.29, 1.82) is 0 Å². The van der Waals surface area contributed by atoms with E-state index in [-0.39, 0.29) is 11.9 Å². The van der Waals surface area contributed by atoms with Crippen molar-refractivity contribution in [2.75, 3.05) is 11.4 Å². The van der Waals surface area contributed by atoms with Crippen LogP contribution in [0.15, 0.2) is 30.9 Å². The van der Waals surface area contributed by atoms with Gasteiger partial charge in [-0.1, -0.05) is 6.08 Å². The normalized spacial score (nSPS) is 16.6. The maximum Gasteiger partial charge on any atom is 0.123 e. The fraction of sp³-hybridized carbons (Fsp3) is 0.429. The number of nitrogens with two attached hydrogens (primary N) is 1. The van der Waals surface area contributed by atoms with Crippen molar-refractivity contribution in [2.24, 2.45) is 5.73 Å². The molecule has 0 aliphatic heterocycles. The van der Waals surface area contributed by atoms with E-state index in [1.54, 1.807) is 6.07 Å². The van der Waals surface area contributed by atoms with E-state index in [1.807, 2.05) is 19.1 Å². The van der Waals surface area contributed by atoms with Crippen LogP contribution in [0.1, 0.15) is 31.4 Å². The van der Waals surface area contributed by atoms with Gasteiger partial charge in [0, 0.05) is 24.3 Å². The monoisotopic (exact) mass is 234 g/mol. The van der Waals surface area contributed by atoms with E-state index in [1.165, 1.54) is 18.9 Å². The Balaban J connectivity index is 2.37. The molecule has 92 valence electrons. The van der Waals surface area contributed by atoms with Gasteiger partial charge in [0.1, 0.15) is 5.82 Å². The van der Waals surface area contributed by atoms with Crippen molar-refractivity contribution >= 4 is 5.69 Å². The highest BCUT2D eigenvalue weighted by Crippen LogP contribution is 2.35. The van der Waals surface area contributed by atoms with Crippen LogP contribution in [0.2, 0.25) is 0 Å². The van der Waals surface area contributed by atoms with Crippen LogP contribution in [0.4, 0.5) is 10.1 Å². The van der Waals surface area contributed by atoms with Gasteiger partial charge in [0.2, 0.25) is 0 Å². The second-order valence-electron chi connectivity index (χ2n) is 4.66. The Hall–Kier alpha value is -1.35. The zero-order chi connectivity index (χ0) is 12.4. The third kappa shape index (κ3) is 2.67. The first-order chi connectivity index (χ1) is 8.13. The number of hydrogen-bond donors (Lipinski definition) is 1. The maximum absolute atomic E-state index is 13.3. The number of rotatable bonds is 5. The molecule has 0 aromatic heterocycles. The Kier molecular flexibility index (Phi) is 3.48. The molecule has 0 saturated heterocycles. The number of halogens is 1. The van der Waals surface area contributed by atoms with Crippen molar-refractivity contribution in [1.82, 2.24) is 0 Å². The fourth-order valence-electron chi connectivity index (χ4n) is 2.12. The fourth-order valence-corrected chi connectivity index (χ4v) is 2.12. The summed E-state index contributed by atoms with van der Waals surface area (Å²) in [5.41, 5.74) is 7.84. The Morgan fingerprint density at radius 2 is 2.29 bits per heavy atom. The van der Waals surface area contributed by atoms with Crippen LogP contribution < -0.4 is 10.6 Å². The summed E-state index contributed by atoms with van der Waals surface area (Å²) in [5.74, 6) is -0.226. The third-order valence-electron chi connectivity index (χ3n) is 3.10. The smallest absolute Gasteiger partial charge is 0.123 e. The summed E-state index contributed by atoms with van der Waals surface area (Å²) in [4.78, 5) is 2.27. The van der Waals surface area contributed by atoms with Crippen molar-refractivity contribution in [3.63, 3.8) is 0 Å². The number of nitrogens with zero attached hydrogens (tertiary/aromatic N) is 1. The van der Waals surface area contributed by atoms with Crippen molar-refractivity contribution in [3.8, 4) is 0 Å². The summed E-state index contributed by atoms with van der Waals surface area (Å²) in [5, 5.41) is 0. The molecule has 0 heterocycles. The number of benzene rings is 1. The molecule has 0 unspecified atom stereocenters. The molecular formula is C14H19FN2. The van der Waals surface area contributed by atoms with E-state index in [2.05, 4.69) is 11.5 Å². The van der Waals surface area contributed by atoms with Gasteiger partial charge in [-0.15, -0.1) is 6.58 Å². The zero-order valence-corrected chi connectivity index (χ0v) is 10.2. The highest BCUT2D eigenvalue weighted by atomic mass is 19.1. The molecule has 17 heavy (non-hydrogen) atoms. The Morgan fingerprint density at radius 1 is 1.59 bits per heavy atom. The Morgan fingerprint density at radius 3 is 2.82 bits per heavy atom. The molecule has 1 atom stereocenters. The molecule has 0 radical (unpaired) electrons. The number of hydrogen-bond acceptors (Lipinski definition) is 2. The Labute approximate surface area is 102 Å². The predicted molar refractivity (Wildman–Crippen MR) is 69.6 cm³/mol. The van der Waals surface area contributed by atoms with Gasteiger partial charge >= 0.3 is 0 Å². The molecule has 1 aromatic carbocycles. The van der Waals surface area contributed by atoms with E-state index < -0.39 is 0 Å². The van der Waals surface area contributed by atoms with E-state index in [0.717, 1.165) is 17.8 Å². The SMILES string of the molecule is C=CCN(c1ccc(F)cc1[C@@H](C)N)C1CC1. The van der Waals surface area contributed by atoms with Crippen LogP contribution in [0.25, 0.3) is 0 Å². The second-order valence-corrected chi connectivity index (χ2v) is 4.66. The largest absolute Gasteiger partial charge is 0.365 e. The van der Waals surface area contributed by atoms with Gasteiger partial charge in [-0.3, -0.25) is 0 Å². The van der Waals surface area contributed by atoms with E-state index in [9.17, 15) is 4.39 Å². The molecule has 2 nitrogen and oxygen atoms in total. The van der Waals surface area contributed by atoms with Gasteiger partial charge in [0.25, 0.3) is 0 Å². The molecule has 1 aromatic rings. The van der Waals surface area contributed by atoms with Crippen molar-refractivity contribution in [3.05, 3.63) is 42.2 Å². The standard InChI is InChI=1S/C14H19FN2/c1-3-8-17(12-5-6-12)14-7-4-11(15)9-13(14)10(2)16/h3-4,7,9-10,12H,1,5-6,8,16H2,2H3/t10-/m1/s1. The molecule has 0 bridgehead atoms. The maximum atomic E-state index is 13.3. The van der Waals surface area contributed by atoms with Gasteiger partial charge in [-0.2, -0.15) is 0 Å². The minimum Gasteiger partial charge on any atom is -0.365 e. The van der Waals surface area contributed by atoms with E-state index in [0.29, 0.717) is 6.04 Å². The van der Waals surface area contributed by atoms with Gasteiger partial charge in [0.15, 0.2) is 0 Å². The molecule has 1 aliphatic rings. The lowest BCUT2D eigenvalue weighted by atomic mass is 10.1. The number of anilines is 1. The first kappa shape index (κ1) is 12.1. The summed E-state index contributed by atoms with van der Waals surface area (Å²) in [6, 6.07) is 5.27. The quantitative estimate of drug-likeness (QED) is 0.793. The highest BCUT2D eigenvalue weighted by Gasteiger charge is 2.30. The first-order valence-electron chi connectivity index (χ1n) is 6.06. The van der Waals surface area contributed by atoms with Crippen LogP contribution >= 0.6 is 0 Å². The van der Waals surface area contributed by atoms with Crippen LogP contribution in [-0.2, 0) is 0 Å². The van der Waals surface area contributed by atoms with Crippen LogP contribution in [0.5, 0.6) is 0 Å². The third-order valence-corrected chi connectivity index (χ3v) is 3.10. The first-order valence-corrected chi connectivity index (χ1v) is 6.06. The van der Waals surface area contributed by atoms with Crippen LogP contribution in [-0.4, -0.2) is 12.6 Å². The van der Waals surface area contributed by atoms with Gasteiger partial charge < -0.3 is 10.6 Å². The average Bonchev–Trinajstić information content (AvgIpc) is 3.10. The van der Waals surface area contributed by atoms with Gasteiger partial charge in [0.05, 0.1) is 0 Å². The van der Waals surface area contributed by atoms with Crippen LogP contribution in [0, 0.1) is 5.82 Å². The molecule has 1 aliphatic carbocycles. The summed E-state index contributed by atoms with van der Waals surface area (Å²) >= 11 is 0. The molecule has 0 spiro atoms. The second kappa shape index (κ2) is 4.88. The average molecular weight is 234 g/mol. The minimum atomic E-state index is -0.226. The topological polar surface area (TPSA) is 29.3 Å². The molecule has 2 N–H and O–H groups in total. The summed E-state index contributed by atoms with van der Waals surface area (Å²) in [6.45, 7) is 6.46. The van der Waals surface area contributed by atoms with Crippen molar-refractivity contribution < 1.29 is 4.39 Å².